The van der Waals surface area contributed by atoms with Gasteiger partial charge in [0.25, 0.3) is 13.1 Å². The maximum absolute atomic E-state index is 15.3. The van der Waals surface area contributed by atoms with Gasteiger partial charge in [0, 0.05) is 35.1 Å². The number of rotatable bonds is 8. The lowest BCUT2D eigenvalue weighted by Gasteiger charge is -2.54. The van der Waals surface area contributed by atoms with Crippen LogP contribution in [0.5, 0.6) is 0 Å². The van der Waals surface area contributed by atoms with E-state index in [1.807, 2.05) is 5.92 Å². The standard InChI is InChI=1S/C27H5BF15O2.C18BF15.C14H32P/c29-13-10(14(30)20(36)25(41)19(13)35)28(11-15(31)21(37)26(42)22(38)16(11)32,12-17(33)23(39)27(43)24(40)18(12)34)45-9(44)7-6-8-4-2-1-3-5-8;20-4-1(5(21)11(27)16(32)10(4)26)19(2-6(22)12(28)17(33)13(29)7(2)23)3-8(24)14(30)18(34)15(31)9(3)25;1-11-15(12(2,3)4,13(5,6)7)14(8,9)10/h1-5H;;11H2,1-10H3/q-1;;+1. The van der Waals surface area contributed by atoms with Crippen molar-refractivity contribution in [2.75, 3.05) is 6.16 Å². The fourth-order valence-electron chi connectivity index (χ4n) is 11.9. The first kappa shape index (κ1) is 76.7. The average Bonchev–Trinajstić information content (AvgIpc) is 0.705. The summed E-state index contributed by atoms with van der Waals surface area (Å²) in [6, 6.07) is 6.23. The van der Waals surface area contributed by atoms with Crippen LogP contribution < -0.4 is 32.8 Å². The van der Waals surface area contributed by atoms with Crippen molar-refractivity contribution in [3.05, 3.63) is 210 Å². The molecule has 0 saturated heterocycles. The first-order chi connectivity index (χ1) is 43.0. The smallest absolute Gasteiger partial charge is 0.337 e. The summed E-state index contributed by atoms with van der Waals surface area (Å²) < 4.78 is 433. The number of halogens is 30. The summed E-state index contributed by atoms with van der Waals surface area (Å²) in [5.41, 5.74) is -17.5. The van der Waals surface area contributed by atoms with E-state index in [-0.39, 0.29) is 5.56 Å². The molecule has 0 bridgehead atoms. The Kier molecular flexibility index (Phi) is 22.4. The third-order valence-corrected chi connectivity index (χ3v) is 22.6. The number of benzene rings is 7. The van der Waals surface area contributed by atoms with E-state index in [9.17, 15) is 110 Å². The molecule has 0 aromatic heterocycles. The van der Waals surface area contributed by atoms with E-state index in [2.05, 4.69) is 73.9 Å². The first-order valence-electron chi connectivity index (χ1n) is 25.9. The van der Waals surface area contributed by atoms with E-state index in [1.54, 1.807) is 0 Å². The quantitative estimate of drug-likeness (QED) is 0.0379. The van der Waals surface area contributed by atoms with Crippen molar-refractivity contribution in [2.45, 2.75) is 84.7 Å². The molecule has 0 N–H and O–H groups in total. The molecule has 0 heterocycles. The molecule has 7 rings (SSSR count). The molecule has 0 aliphatic carbocycles. The Morgan fingerprint density at radius 3 is 0.713 bits per heavy atom. The van der Waals surface area contributed by atoms with Crippen molar-refractivity contribution in [1.82, 2.24) is 0 Å². The molecule has 0 aliphatic heterocycles. The van der Waals surface area contributed by atoms with Crippen molar-refractivity contribution < 1.29 is 141 Å². The van der Waals surface area contributed by atoms with E-state index in [0.29, 0.717) is 15.5 Å². The monoisotopic (exact) mass is 1400 g/mol. The lowest BCUT2D eigenvalue weighted by atomic mass is 9.27. The molecule has 0 unspecified atom stereocenters. The molecule has 35 heteroatoms. The molecule has 2 nitrogen and oxygen atoms in total. The van der Waals surface area contributed by atoms with Gasteiger partial charge in [0.1, 0.15) is 34.9 Å². The molecule has 0 aliphatic rings. The summed E-state index contributed by atoms with van der Waals surface area (Å²) in [6.07, 6.45) is -5.14. The zero-order valence-corrected chi connectivity index (χ0v) is 49.7. The number of carbonyl (C=O) groups is 1. The van der Waals surface area contributed by atoms with Crippen LogP contribution in [0.2, 0.25) is 0 Å². The lowest BCUT2D eigenvalue weighted by Crippen LogP contribution is -2.75. The predicted molar refractivity (Wildman–Crippen MR) is 283 cm³/mol. The molecule has 7 aromatic rings. The van der Waals surface area contributed by atoms with E-state index >= 15 is 26.3 Å². The summed E-state index contributed by atoms with van der Waals surface area (Å²) in [5, 5.41) is 1.33. The maximum atomic E-state index is 15.3. The van der Waals surface area contributed by atoms with Crippen LogP contribution in [0.4, 0.5) is 132 Å². The molecule has 0 amide bonds. The van der Waals surface area contributed by atoms with E-state index in [0.717, 1.165) is 12.1 Å². The van der Waals surface area contributed by atoms with Gasteiger partial charge in [0.15, 0.2) is 140 Å². The minimum Gasteiger partial charge on any atom is -0.666 e. The van der Waals surface area contributed by atoms with Crippen molar-refractivity contribution in [3.63, 3.8) is 0 Å². The largest absolute Gasteiger partial charge is 0.666 e. The molecule has 0 spiro atoms. The SMILES string of the molecule is CC[P+](C(C)(C)C)(C(C)(C)C)C(C)(C)C.Fc1c(F)c(F)c(B(c2c(F)c(F)c(F)c(F)c2F)c2c(F)c(F)c(F)c(F)c2F)c(F)c1F.O=C(C#Cc1ccccc1)O[B-](c1c(F)c(F)c(F)c(F)c1F)(c1c(F)c(F)c(F)c(F)c1F)c1c(F)c(F)c(F)c(F)c1F. The van der Waals surface area contributed by atoms with Crippen LogP contribution in [-0.4, -0.2) is 40.7 Å². The van der Waals surface area contributed by atoms with Crippen LogP contribution >= 0.6 is 7.26 Å². The predicted octanol–water partition coefficient (Wildman–Crippen LogP) is 15.0. The summed E-state index contributed by atoms with van der Waals surface area (Å²) >= 11 is 0. The summed E-state index contributed by atoms with van der Waals surface area (Å²) in [4.78, 5) is 12.8. The van der Waals surface area contributed by atoms with Crippen LogP contribution in [-0.2, 0) is 9.45 Å². The van der Waals surface area contributed by atoms with E-state index < -0.39 is 234 Å². The van der Waals surface area contributed by atoms with Crippen LogP contribution in [0.15, 0.2) is 30.3 Å². The van der Waals surface area contributed by atoms with Gasteiger partial charge in [-0.2, -0.15) is 0 Å². The number of carbonyl (C=O) groups excluding carboxylic acids is 1. The average molecular weight is 1400 g/mol. The van der Waals surface area contributed by atoms with Gasteiger partial charge in [-0.1, -0.05) is 40.5 Å². The highest BCUT2D eigenvalue weighted by atomic mass is 31.2. The van der Waals surface area contributed by atoms with Gasteiger partial charge < -0.3 is 4.65 Å². The highest BCUT2D eigenvalue weighted by Crippen LogP contribution is 2.83. The molecule has 7 aromatic carbocycles. The third-order valence-electron chi connectivity index (χ3n) is 14.8. The summed E-state index contributed by atoms with van der Waals surface area (Å²) in [6.45, 7) is 20.4. The minimum atomic E-state index is -6.49. The Morgan fingerprint density at radius 2 is 0.532 bits per heavy atom. The van der Waals surface area contributed by atoms with Gasteiger partial charge in [-0.25, -0.2) is 137 Å². The van der Waals surface area contributed by atoms with Gasteiger partial charge in [-0.15, -0.1) is 0 Å². The molecule has 506 valence electrons. The van der Waals surface area contributed by atoms with Crippen molar-refractivity contribution in [3.8, 4) is 11.8 Å². The highest BCUT2D eigenvalue weighted by Gasteiger charge is 2.63. The third kappa shape index (κ3) is 12.6. The Morgan fingerprint density at radius 1 is 0.340 bits per heavy atom. The minimum absolute atomic E-state index is 0.170. The summed E-state index contributed by atoms with van der Waals surface area (Å²) in [7, 11) is -1.03. The molecule has 0 fully saturated rings. The second-order valence-corrected chi connectivity index (χ2v) is 29.1. The zero-order chi connectivity index (χ0) is 72.4. The van der Waals surface area contributed by atoms with Crippen molar-refractivity contribution in [1.29, 1.82) is 0 Å². The zero-order valence-electron chi connectivity index (χ0n) is 48.9. The van der Waals surface area contributed by atoms with Gasteiger partial charge in [-0.3, -0.25) is 0 Å². The normalized spacial score (nSPS) is 12.0. The summed E-state index contributed by atoms with van der Waals surface area (Å²) in [5.74, 6) is -93.1. The Balaban J connectivity index is 0.000000287. The van der Waals surface area contributed by atoms with Gasteiger partial charge in [0.05, 0.1) is 21.6 Å². The Bertz CT molecular complexity index is 3740. The van der Waals surface area contributed by atoms with Crippen molar-refractivity contribution >= 4 is 59.1 Å². The number of hydrogen-bond donors (Lipinski definition) is 0. The molecule has 94 heavy (non-hydrogen) atoms. The van der Waals surface area contributed by atoms with Gasteiger partial charge in [-0.05, 0) is 81.4 Å². The molecule has 0 saturated carbocycles. The lowest BCUT2D eigenvalue weighted by molar-refractivity contribution is -0.128. The van der Waals surface area contributed by atoms with E-state index in [4.69, 9.17) is 0 Å². The van der Waals surface area contributed by atoms with Crippen LogP contribution in [0, 0.1) is 186 Å². The van der Waals surface area contributed by atoms with Crippen molar-refractivity contribution in [2.24, 2.45) is 0 Å². The van der Waals surface area contributed by atoms with Crippen LogP contribution in [0.1, 0.15) is 74.8 Å². The molecule has 0 atom stereocenters. The van der Waals surface area contributed by atoms with Gasteiger partial charge in [0.2, 0.25) is 0 Å². The fraction of sp³-hybridized carbons (Fsp3) is 0.237. The fourth-order valence-corrected chi connectivity index (χ4v) is 20.8. The molecule has 0 radical (unpaired) electrons. The van der Waals surface area contributed by atoms with E-state index in [1.165, 1.54) is 30.3 Å². The topological polar surface area (TPSA) is 26.3 Å². The Labute approximate surface area is 512 Å². The Hall–Kier alpha value is -7.97. The highest BCUT2D eigenvalue weighted by molar-refractivity contribution is 7.80. The van der Waals surface area contributed by atoms with Crippen LogP contribution in [0.25, 0.3) is 0 Å². The second-order valence-electron chi connectivity index (χ2n) is 22.8. The van der Waals surface area contributed by atoms with Gasteiger partial charge >= 0.3 is 5.97 Å². The number of hydrogen-bond acceptors (Lipinski definition) is 2. The maximum Gasteiger partial charge on any atom is 0.337 e. The first-order valence-corrected chi connectivity index (χ1v) is 27.9. The molecular weight excluding hydrogens is 1360 g/mol. The van der Waals surface area contributed by atoms with Crippen LogP contribution in [0.3, 0.4) is 0 Å². The molecular formula is C59H37B2F30O2P. The second kappa shape index (κ2) is 27.4.